The van der Waals surface area contributed by atoms with Crippen LogP contribution in [-0.4, -0.2) is 32.9 Å². The lowest BCUT2D eigenvalue weighted by Crippen LogP contribution is -2.23. The number of methoxy groups -OCH3 is 3. The molecule has 0 saturated carbocycles. The van der Waals surface area contributed by atoms with Gasteiger partial charge < -0.3 is 14.2 Å². The molecule has 3 rings (SSSR count). The second-order valence-electron chi connectivity index (χ2n) is 5.30. The summed E-state index contributed by atoms with van der Waals surface area (Å²) in [6.45, 7) is 1.85. The highest BCUT2D eigenvalue weighted by atomic mass is 16.5. The minimum atomic E-state index is -0.286. The smallest absolute Gasteiger partial charge is 0.201 e. The Kier molecular flexibility index (Phi) is 3.56. The van der Waals surface area contributed by atoms with Crippen molar-refractivity contribution in [2.75, 3.05) is 21.3 Å². The van der Waals surface area contributed by atoms with Gasteiger partial charge in [-0.15, -0.1) is 0 Å². The molecule has 0 amide bonds. The second-order valence-corrected chi connectivity index (χ2v) is 5.30. The van der Waals surface area contributed by atoms with Crippen molar-refractivity contribution in [3.8, 4) is 17.2 Å². The number of carbonyl (C=O) groups is 2. The van der Waals surface area contributed by atoms with Crippen LogP contribution in [0.25, 0.3) is 0 Å². The molecule has 1 aliphatic rings. The molecular weight excluding hydrogens is 296 g/mol. The zero-order valence-corrected chi connectivity index (χ0v) is 13.4. The largest absolute Gasteiger partial charge is 0.497 e. The fraction of sp³-hybridized carbons (Fsp3) is 0.222. The number of ketones is 2. The summed E-state index contributed by atoms with van der Waals surface area (Å²) in [5, 5.41) is 0. The van der Waals surface area contributed by atoms with Gasteiger partial charge in [-0.25, -0.2) is 0 Å². The Morgan fingerprint density at radius 3 is 1.83 bits per heavy atom. The van der Waals surface area contributed by atoms with Crippen molar-refractivity contribution in [3.05, 3.63) is 52.1 Å². The lowest BCUT2D eigenvalue weighted by molar-refractivity contribution is 0.0973. The van der Waals surface area contributed by atoms with Gasteiger partial charge in [0.2, 0.25) is 5.78 Å². The van der Waals surface area contributed by atoms with Gasteiger partial charge in [0.15, 0.2) is 5.78 Å². The molecule has 2 aromatic carbocycles. The van der Waals surface area contributed by atoms with E-state index in [0.717, 1.165) is 5.56 Å². The van der Waals surface area contributed by atoms with Gasteiger partial charge in [-0.3, -0.25) is 9.59 Å². The highest BCUT2D eigenvalue weighted by Crippen LogP contribution is 2.39. The quantitative estimate of drug-likeness (QED) is 0.744. The van der Waals surface area contributed by atoms with Gasteiger partial charge in [0.05, 0.1) is 32.5 Å². The van der Waals surface area contributed by atoms with E-state index in [9.17, 15) is 9.59 Å². The predicted molar refractivity (Wildman–Crippen MR) is 84.1 cm³/mol. The molecule has 0 aliphatic heterocycles. The zero-order valence-electron chi connectivity index (χ0n) is 13.4. The Balaban J connectivity index is 2.35. The third-order valence-corrected chi connectivity index (χ3v) is 3.94. The Morgan fingerprint density at radius 2 is 1.26 bits per heavy atom. The average Bonchev–Trinajstić information content (AvgIpc) is 2.57. The number of ether oxygens (including phenoxy) is 3. The third kappa shape index (κ3) is 2.16. The average molecular weight is 312 g/mol. The SMILES string of the molecule is COc1cc(OC)c2c(c1)C(=O)c1cc(C)cc(OC)c1C2=O. The first-order valence-corrected chi connectivity index (χ1v) is 7.05. The number of hydrogen-bond donors (Lipinski definition) is 0. The van der Waals surface area contributed by atoms with Gasteiger partial charge in [-0.05, 0) is 30.7 Å². The molecule has 0 fully saturated rings. The van der Waals surface area contributed by atoms with E-state index in [1.807, 2.05) is 6.92 Å². The van der Waals surface area contributed by atoms with Crippen molar-refractivity contribution in [2.24, 2.45) is 0 Å². The van der Waals surface area contributed by atoms with Crippen LogP contribution in [0.15, 0.2) is 24.3 Å². The summed E-state index contributed by atoms with van der Waals surface area (Å²) in [6.07, 6.45) is 0. The number of fused-ring (bicyclic) bond motifs is 2. The summed E-state index contributed by atoms with van der Waals surface area (Å²) in [7, 11) is 4.43. The summed E-state index contributed by atoms with van der Waals surface area (Å²) in [4.78, 5) is 25.9. The molecule has 1 aliphatic carbocycles. The minimum Gasteiger partial charge on any atom is -0.497 e. The molecule has 0 spiro atoms. The van der Waals surface area contributed by atoms with Crippen molar-refractivity contribution in [3.63, 3.8) is 0 Å². The Labute approximate surface area is 133 Å². The molecule has 0 radical (unpaired) electrons. The summed E-state index contributed by atoms with van der Waals surface area (Å²) >= 11 is 0. The Bertz CT molecular complexity index is 836. The van der Waals surface area contributed by atoms with Crippen LogP contribution in [0.4, 0.5) is 0 Å². The van der Waals surface area contributed by atoms with Crippen LogP contribution in [0.3, 0.4) is 0 Å². The van der Waals surface area contributed by atoms with Crippen molar-refractivity contribution in [2.45, 2.75) is 6.92 Å². The molecule has 5 heteroatoms. The molecule has 0 aromatic heterocycles. The summed E-state index contributed by atoms with van der Waals surface area (Å²) < 4.78 is 15.8. The maximum atomic E-state index is 13.0. The van der Waals surface area contributed by atoms with E-state index in [1.165, 1.54) is 21.3 Å². The van der Waals surface area contributed by atoms with Gasteiger partial charge in [0.1, 0.15) is 17.2 Å². The molecule has 0 unspecified atom stereocenters. The van der Waals surface area contributed by atoms with Crippen LogP contribution < -0.4 is 14.2 Å². The van der Waals surface area contributed by atoms with E-state index >= 15 is 0 Å². The van der Waals surface area contributed by atoms with E-state index in [4.69, 9.17) is 14.2 Å². The molecule has 23 heavy (non-hydrogen) atoms. The molecule has 0 heterocycles. The minimum absolute atomic E-state index is 0.242. The van der Waals surface area contributed by atoms with Crippen molar-refractivity contribution in [1.82, 2.24) is 0 Å². The van der Waals surface area contributed by atoms with Crippen molar-refractivity contribution >= 4 is 11.6 Å². The molecule has 0 N–H and O–H groups in total. The first-order valence-electron chi connectivity index (χ1n) is 7.05. The van der Waals surface area contributed by atoms with Crippen LogP contribution in [-0.2, 0) is 0 Å². The zero-order chi connectivity index (χ0) is 16.7. The first kappa shape index (κ1) is 15.1. The van der Waals surface area contributed by atoms with E-state index < -0.39 is 0 Å². The highest BCUT2D eigenvalue weighted by Gasteiger charge is 2.35. The highest BCUT2D eigenvalue weighted by molar-refractivity contribution is 6.30. The van der Waals surface area contributed by atoms with Crippen molar-refractivity contribution < 1.29 is 23.8 Å². The normalized spacial score (nSPS) is 12.5. The van der Waals surface area contributed by atoms with Gasteiger partial charge >= 0.3 is 0 Å². The summed E-state index contributed by atoms with van der Waals surface area (Å²) in [5.41, 5.74) is 1.99. The number of hydrogen-bond acceptors (Lipinski definition) is 5. The van der Waals surface area contributed by atoms with E-state index in [0.29, 0.717) is 22.8 Å². The van der Waals surface area contributed by atoms with E-state index in [-0.39, 0.29) is 28.3 Å². The van der Waals surface area contributed by atoms with Crippen LogP contribution in [0.1, 0.15) is 37.4 Å². The molecule has 2 aromatic rings. The standard InChI is InChI=1S/C18H16O5/c1-9-5-11-15(13(6-9)22-3)18(20)16-12(17(11)19)7-10(21-2)8-14(16)23-4/h5-8H,1-4H3. The van der Waals surface area contributed by atoms with Gasteiger partial charge in [0, 0.05) is 17.2 Å². The molecule has 0 atom stereocenters. The fourth-order valence-corrected chi connectivity index (χ4v) is 2.88. The van der Waals surface area contributed by atoms with Gasteiger partial charge in [-0.1, -0.05) is 0 Å². The molecule has 0 saturated heterocycles. The van der Waals surface area contributed by atoms with E-state index in [2.05, 4.69) is 0 Å². The van der Waals surface area contributed by atoms with E-state index in [1.54, 1.807) is 24.3 Å². The lowest BCUT2D eigenvalue weighted by atomic mass is 9.82. The van der Waals surface area contributed by atoms with Crippen LogP contribution >= 0.6 is 0 Å². The summed E-state index contributed by atoms with van der Waals surface area (Å²) in [6, 6.07) is 6.60. The maximum Gasteiger partial charge on any atom is 0.201 e. The summed E-state index contributed by atoms with van der Waals surface area (Å²) in [5.74, 6) is 0.637. The monoisotopic (exact) mass is 312 g/mol. The molecule has 118 valence electrons. The molecule has 5 nitrogen and oxygen atoms in total. The van der Waals surface area contributed by atoms with Gasteiger partial charge in [0.25, 0.3) is 0 Å². The predicted octanol–water partition coefficient (Wildman–Crippen LogP) is 2.80. The first-order chi connectivity index (χ1) is 11.0. The number of benzene rings is 2. The number of aryl methyl sites for hydroxylation is 1. The Hall–Kier alpha value is -2.82. The maximum absolute atomic E-state index is 13.0. The van der Waals surface area contributed by atoms with Crippen LogP contribution in [0.2, 0.25) is 0 Å². The molecular formula is C18H16O5. The topological polar surface area (TPSA) is 61.8 Å². The number of carbonyl (C=O) groups excluding carboxylic acids is 2. The third-order valence-electron chi connectivity index (χ3n) is 3.94. The Morgan fingerprint density at radius 1 is 0.696 bits per heavy atom. The van der Waals surface area contributed by atoms with Crippen molar-refractivity contribution in [1.29, 1.82) is 0 Å². The second kappa shape index (κ2) is 5.43. The van der Waals surface area contributed by atoms with Crippen LogP contribution in [0, 0.1) is 6.92 Å². The lowest BCUT2D eigenvalue weighted by Gasteiger charge is -2.22. The number of rotatable bonds is 3. The fourth-order valence-electron chi connectivity index (χ4n) is 2.88. The van der Waals surface area contributed by atoms with Crippen LogP contribution in [0.5, 0.6) is 17.2 Å². The molecule has 0 bridgehead atoms. The van der Waals surface area contributed by atoms with Gasteiger partial charge in [-0.2, -0.15) is 0 Å².